The maximum atomic E-state index is 13.5. The molecule has 142 valence electrons. The van der Waals surface area contributed by atoms with E-state index in [2.05, 4.69) is 17.1 Å². The largest absolute Gasteiger partial charge is 0.308 e. The maximum absolute atomic E-state index is 13.5. The van der Waals surface area contributed by atoms with E-state index >= 15 is 0 Å². The van der Waals surface area contributed by atoms with E-state index in [1.807, 2.05) is 38.9 Å². The average Bonchev–Trinajstić information content (AvgIpc) is 3.00. The first-order chi connectivity index (χ1) is 12.8. The van der Waals surface area contributed by atoms with Gasteiger partial charge in [-0.1, -0.05) is 35.1 Å². The van der Waals surface area contributed by atoms with Crippen molar-refractivity contribution in [2.24, 2.45) is 0 Å². The van der Waals surface area contributed by atoms with Gasteiger partial charge in [0.2, 0.25) is 5.91 Å². The quantitative estimate of drug-likeness (QED) is 0.638. The molecule has 3 aromatic rings. The molecule has 0 aliphatic heterocycles. The number of fused-ring (bicyclic) bond motifs is 1. The number of aromatic nitrogens is 1. The van der Waals surface area contributed by atoms with Crippen molar-refractivity contribution in [3.05, 3.63) is 58.9 Å². The van der Waals surface area contributed by atoms with Crippen molar-refractivity contribution in [3.8, 4) is 0 Å². The van der Waals surface area contributed by atoms with E-state index in [9.17, 15) is 9.18 Å². The first-order valence-electron chi connectivity index (χ1n) is 8.91. The Morgan fingerprint density at radius 2 is 1.89 bits per heavy atom. The van der Waals surface area contributed by atoms with Crippen LogP contribution in [0.2, 0.25) is 0 Å². The van der Waals surface area contributed by atoms with Gasteiger partial charge in [0.1, 0.15) is 5.82 Å². The molecular weight excluding hydrogens is 361 g/mol. The zero-order chi connectivity index (χ0) is 19.6. The molecule has 0 fully saturated rings. The highest BCUT2D eigenvalue weighted by Gasteiger charge is 2.21. The number of benzene rings is 2. The van der Waals surface area contributed by atoms with Crippen LogP contribution < -0.4 is 4.90 Å². The topological polar surface area (TPSA) is 36.4 Å². The predicted octanol–water partition coefficient (Wildman–Crippen LogP) is 4.19. The summed E-state index contributed by atoms with van der Waals surface area (Å²) in [6.45, 7) is 5.31. The van der Waals surface area contributed by atoms with Crippen LogP contribution in [0.5, 0.6) is 0 Å². The normalized spacial score (nSPS) is 11.3. The lowest BCUT2D eigenvalue weighted by Crippen LogP contribution is -2.37. The number of carbonyl (C=O) groups is 1. The molecule has 1 amide bonds. The lowest BCUT2D eigenvalue weighted by Gasteiger charge is -2.22. The molecule has 0 spiro atoms. The second kappa shape index (κ2) is 8.15. The second-order valence-electron chi connectivity index (χ2n) is 7.06. The number of hydrogen-bond acceptors (Lipinski definition) is 4. The summed E-state index contributed by atoms with van der Waals surface area (Å²) in [6, 6.07) is 10.7. The number of rotatable bonds is 6. The Hall–Kier alpha value is -2.31. The van der Waals surface area contributed by atoms with Gasteiger partial charge < -0.3 is 4.90 Å². The lowest BCUT2D eigenvalue weighted by molar-refractivity contribution is -0.118. The number of thiazole rings is 1. The fourth-order valence-electron chi connectivity index (χ4n) is 2.88. The molecule has 6 heteroatoms. The van der Waals surface area contributed by atoms with Gasteiger partial charge in [-0.3, -0.25) is 9.69 Å². The van der Waals surface area contributed by atoms with Gasteiger partial charge in [0, 0.05) is 13.1 Å². The summed E-state index contributed by atoms with van der Waals surface area (Å²) in [4.78, 5) is 21.5. The zero-order valence-electron chi connectivity index (χ0n) is 16.1. The molecule has 0 saturated heterocycles. The summed E-state index contributed by atoms with van der Waals surface area (Å²) in [6.07, 6.45) is 0.325. The third-order valence-electron chi connectivity index (χ3n) is 4.49. The molecule has 3 rings (SSSR count). The Balaban J connectivity index is 1.91. The summed E-state index contributed by atoms with van der Waals surface area (Å²) >= 11 is 1.35. The molecule has 27 heavy (non-hydrogen) atoms. The smallest absolute Gasteiger partial charge is 0.233 e. The van der Waals surface area contributed by atoms with E-state index in [1.165, 1.54) is 23.5 Å². The minimum Gasteiger partial charge on any atom is -0.308 e. The Kier molecular flexibility index (Phi) is 5.87. The van der Waals surface area contributed by atoms with Crippen LogP contribution in [0.15, 0.2) is 36.4 Å². The third-order valence-corrected chi connectivity index (χ3v) is 5.53. The minimum atomic E-state index is -0.292. The molecule has 0 bridgehead atoms. The summed E-state index contributed by atoms with van der Waals surface area (Å²) in [5.74, 6) is -0.288. The van der Waals surface area contributed by atoms with Gasteiger partial charge in [-0.25, -0.2) is 9.37 Å². The standard InChI is InChI=1S/C21H24FN3OS/c1-14-5-6-15(2)16(11-14)12-20(26)25(10-9-24(3)4)21-23-18-8-7-17(22)13-19(18)27-21/h5-8,11,13H,9-10,12H2,1-4H3. The van der Waals surface area contributed by atoms with Gasteiger partial charge in [-0.2, -0.15) is 0 Å². The number of halogens is 1. The van der Waals surface area contributed by atoms with Gasteiger partial charge in [-0.15, -0.1) is 0 Å². The fourth-order valence-corrected chi connectivity index (χ4v) is 3.91. The Labute approximate surface area is 163 Å². The highest BCUT2D eigenvalue weighted by molar-refractivity contribution is 7.22. The van der Waals surface area contributed by atoms with E-state index in [4.69, 9.17) is 0 Å². The van der Waals surface area contributed by atoms with E-state index in [-0.39, 0.29) is 11.7 Å². The van der Waals surface area contributed by atoms with E-state index < -0.39 is 0 Å². The molecule has 2 aromatic carbocycles. The fraction of sp³-hybridized carbons (Fsp3) is 0.333. The zero-order valence-corrected chi connectivity index (χ0v) is 16.9. The molecular formula is C21H24FN3OS. The van der Waals surface area contributed by atoms with Crippen molar-refractivity contribution in [2.45, 2.75) is 20.3 Å². The molecule has 1 heterocycles. The highest BCUT2D eigenvalue weighted by atomic mass is 32.1. The van der Waals surface area contributed by atoms with Crippen molar-refractivity contribution in [1.82, 2.24) is 9.88 Å². The number of likely N-dealkylation sites (N-methyl/N-ethyl adjacent to an activating group) is 1. The number of carbonyl (C=O) groups excluding carboxylic acids is 1. The van der Waals surface area contributed by atoms with Gasteiger partial charge in [0.25, 0.3) is 0 Å². The Morgan fingerprint density at radius 1 is 1.11 bits per heavy atom. The molecule has 0 aliphatic rings. The first-order valence-corrected chi connectivity index (χ1v) is 9.72. The number of nitrogens with zero attached hydrogens (tertiary/aromatic N) is 3. The van der Waals surface area contributed by atoms with Gasteiger partial charge in [0.15, 0.2) is 5.13 Å². The van der Waals surface area contributed by atoms with Gasteiger partial charge in [0.05, 0.1) is 16.6 Å². The monoisotopic (exact) mass is 385 g/mol. The summed E-state index contributed by atoms with van der Waals surface area (Å²) in [5, 5.41) is 0.618. The molecule has 0 aliphatic carbocycles. The number of hydrogen-bond donors (Lipinski definition) is 0. The molecule has 4 nitrogen and oxygen atoms in total. The molecule has 0 unspecified atom stereocenters. The maximum Gasteiger partial charge on any atom is 0.233 e. The van der Waals surface area contributed by atoms with Crippen LogP contribution in [-0.2, 0) is 11.2 Å². The number of anilines is 1. The second-order valence-corrected chi connectivity index (χ2v) is 8.07. The van der Waals surface area contributed by atoms with Crippen molar-refractivity contribution >= 4 is 32.6 Å². The van der Waals surface area contributed by atoms with E-state index in [1.54, 1.807) is 11.0 Å². The van der Waals surface area contributed by atoms with Crippen molar-refractivity contribution in [1.29, 1.82) is 0 Å². The Bertz CT molecular complexity index is 967. The number of aryl methyl sites for hydroxylation is 2. The average molecular weight is 386 g/mol. The van der Waals surface area contributed by atoms with E-state index in [0.717, 1.165) is 27.9 Å². The Morgan fingerprint density at radius 3 is 2.63 bits per heavy atom. The van der Waals surface area contributed by atoms with Crippen LogP contribution in [0, 0.1) is 19.7 Å². The van der Waals surface area contributed by atoms with Crippen molar-refractivity contribution in [3.63, 3.8) is 0 Å². The van der Waals surface area contributed by atoms with Crippen LogP contribution in [-0.4, -0.2) is 43.0 Å². The summed E-state index contributed by atoms with van der Waals surface area (Å²) in [5.41, 5.74) is 3.99. The van der Waals surface area contributed by atoms with Crippen molar-refractivity contribution in [2.75, 3.05) is 32.1 Å². The van der Waals surface area contributed by atoms with E-state index in [0.29, 0.717) is 23.6 Å². The summed E-state index contributed by atoms with van der Waals surface area (Å²) in [7, 11) is 3.95. The first kappa shape index (κ1) is 19.5. The molecule has 0 saturated carbocycles. The highest BCUT2D eigenvalue weighted by Crippen LogP contribution is 2.30. The van der Waals surface area contributed by atoms with Crippen LogP contribution in [0.1, 0.15) is 16.7 Å². The van der Waals surface area contributed by atoms with Crippen LogP contribution in [0.25, 0.3) is 10.2 Å². The van der Waals surface area contributed by atoms with Gasteiger partial charge >= 0.3 is 0 Å². The number of amides is 1. The van der Waals surface area contributed by atoms with Crippen LogP contribution in [0.3, 0.4) is 0 Å². The molecule has 0 N–H and O–H groups in total. The molecule has 0 atom stereocenters. The minimum absolute atomic E-state index is 0.00470. The molecule has 0 radical (unpaired) electrons. The third kappa shape index (κ3) is 4.70. The van der Waals surface area contributed by atoms with Crippen molar-refractivity contribution < 1.29 is 9.18 Å². The van der Waals surface area contributed by atoms with Gasteiger partial charge in [-0.05, 0) is 57.3 Å². The lowest BCUT2D eigenvalue weighted by atomic mass is 10.0. The van der Waals surface area contributed by atoms with Crippen LogP contribution in [0.4, 0.5) is 9.52 Å². The predicted molar refractivity (Wildman–Crippen MR) is 110 cm³/mol. The molecule has 1 aromatic heterocycles. The van der Waals surface area contributed by atoms with Crippen LogP contribution >= 0.6 is 11.3 Å². The summed E-state index contributed by atoms with van der Waals surface area (Å²) < 4.78 is 14.3. The SMILES string of the molecule is Cc1ccc(C)c(CC(=O)N(CCN(C)C)c2nc3ccc(F)cc3s2)c1.